The van der Waals surface area contributed by atoms with Gasteiger partial charge in [0.2, 0.25) is 10.0 Å². The van der Waals surface area contributed by atoms with E-state index < -0.39 is 20.8 Å². The van der Waals surface area contributed by atoms with Gasteiger partial charge in [-0.1, -0.05) is 24.4 Å². The molecule has 0 heterocycles. The Bertz CT molecular complexity index is 420. The normalized spacial score (nSPS) is 21.3. The summed E-state index contributed by atoms with van der Waals surface area (Å²) in [6, 6.07) is -0.616. The zero-order chi connectivity index (χ0) is 14.7. The van der Waals surface area contributed by atoms with Crippen molar-refractivity contribution < 1.29 is 13.6 Å². The molecule has 1 saturated carbocycles. The van der Waals surface area contributed by atoms with Gasteiger partial charge in [0.05, 0.1) is 10.8 Å². The first-order valence-electron chi connectivity index (χ1n) is 6.68. The molecule has 0 amide bonds. The van der Waals surface area contributed by atoms with Crippen LogP contribution in [0, 0.1) is 5.92 Å². The van der Waals surface area contributed by atoms with Gasteiger partial charge in [-0.15, -0.1) is 0 Å². The highest BCUT2D eigenvalue weighted by molar-refractivity contribution is 7.90. The lowest BCUT2D eigenvalue weighted by Crippen LogP contribution is -2.53. The van der Waals surface area contributed by atoms with Crippen LogP contribution in [0.3, 0.4) is 0 Å². The third kappa shape index (κ3) is 4.07. The average Bonchev–Trinajstić information content (AvgIpc) is 2.35. The summed E-state index contributed by atoms with van der Waals surface area (Å²) in [7, 11) is -3.52. The van der Waals surface area contributed by atoms with Gasteiger partial charge >= 0.3 is 0 Å². The fourth-order valence-corrected chi connectivity index (χ4v) is 3.27. The van der Waals surface area contributed by atoms with Crippen LogP contribution in [0.1, 0.15) is 52.9 Å². The van der Waals surface area contributed by atoms with Crippen LogP contribution in [-0.2, 0) is 10.0 Å². The summed E-state index contributed by atoms with van der Waals surface area (Å²) < 4.78 is 26.1. The van der Waals surface area contributed by atoms with Crippen molar-refractivity contribution in [3.05, 3.63) is 0 Å². The average molecular weight is 291 g/mol. The summed E-state index contributed by atoms with van der Waals surface area (Å²) in [6.45, 7) is 4.87. The molecule has 7 heteroatoms. The third-order valence-corrected chi connectivity index (χ3v) is 5.82. The Morgan fingerprint density at radius 2 is 1.84 bits per heavy atom. The van der Waals surface area contributed by atoms with E-state index in [-0.39, 0.29) is 11.8 Å². The molecule has 4 N–H and O–H groups in total. The highest BCUT2D eigenvalue weighted by Crippen LogP contribution is 2.28. The van der Waals surface area contributed by atoms with Crippen molar-refractivity contribution in [1.82, 2.24) is 4.72 Å². The molecule has 0 spiro atoms. The SMILES string of the molecule is CC(C)(C)S(=O)(=O)NC(/C(N)=N/O)C1CCCCC1. The number of rotatable bonds is 4. The van der Waals surface area contributed by atoms with E-state index in [0.717, 1.165) is 32.1 Å². The van der Waals surface area contributed by atoms with Gasteiger partial charge in [0.1, 0.15) is 0 Å². The Hall–Kier alpha value is -0.820. The molecular weight excluding hydrogens is 266 g/mol. The smallest absolute Gasteiger partial charge is 0.217 e. The number of sulfonamides is 1. The van der Waals surface area contributed by atoms with Gasteiger partial charge in [-0.25, -0.2) is 13.1 Å². The lowest BCUT2D eigenvalue weighted by molar-refractivity contribution is 0.297. The molecule has 19 heavy (non-hydrogen) atoms. The topological polar surface area (TPSA) is 105 Å². The molecule has 0 radical (unpaired) electrons. The van der Waals surface area contributed by atoms with Crippen molar-refractivity contribution in [2.24, 2.45) is 16.8 Å². The predicted molar refractivity (Wildman–Crippen MR) is 75.6 cm³/mol. The van der Waals surface area contributed by atoms with Crippen molar-refractivity contribution in [3.63, 3.8) is 0 Å². The van der Waals surface area contributed by atoms with E-state index in [4.69, 9.17) is 10.9 Å². The minimum Gasteiger partial charge on any atom is -0.409 e. The molecule has 1 fully saturated rings. The first-order valence-corrected chi connectivity index (χ1v) is 8.16. The van der Waals surface area contributed by atoms with Gasteiger partial charge in [0.25, 0.3) is 0 Å². The predicted octanol–water partition coefficient (Wildman–Crippen LogP) is 1.40. The van der Waals surface area contributed by atoms with E-state index in [1.807, 2.05) is 0 Å². The standard InChI is InChI=1S/C12H25N3O3S/c1-12(2,3)19(17,18)15-10(11(13)14-16)9-7-5-4-6-8-9/h9-10,15-16H,4-8H2,1-3H3,(H2,13,14). The summed E-state index contributed by atoms with van der Waals surface area (Å²) in [5.41, 5.74) is 5.67. The molecular formula is C12H25N3O3S. The quantitative estimate of drug-likeness (QED) is 0.315. The molecule has 1 aliphatic carbocycles. The van der Waals surface area contributed by atoms with Gasteiger partial charge < -0.3 is 10.9 Å². The molecule has 1 rings (SSSR count). The molecule has 6 nitrogen and oxygen atoms in total. The van der Waals surface area contributed by atoms with Gasteiger partial charge in [-0.2, -0.15) is 0 Å². The largest absolute Gasteiger partial charge is 0.409 e. The summed E-state index contributed by atoms with van der Waals surface area (Å²) in [5, 5.41) is 11.9. The number of nitrogens with zero attached hydrogens (tertiary/aromatic N) is 1. The van der Waals surface area contributed by atoms with Crippen LogP contribution in [-0.4, -0.2) is 30.2 Å². The molecule has 1 unspecified atom stereocenters. The van der Waals surface area contributed by atoms with Crippen LogP contribution in [0.4, 0.5) is 0 Å². The summed E-state index contributed by atoms with van der Waals surface area (Å²) >= 11 is 0. The van der Waals surface area contributed by atoms with E-state index in [0.29, 0.717) is 0 Å². The summed E-state index contributed by atoms with van der Waals surface area (Å²) in [6.07, 6.45) is 5.06. The van der Waals surface area contributed by atoms with E-state index in [2.05, 4.69) is 9.88 Å². The zero-order valence-electron chi connectivity index (χ0n) is 11.9. The van der Waals surface area contributed by atoms with Gasteiger partial charge in [-0.05, 0) is 39.5 Å². The molecule has 1 aliphatic rings. The Labute approximate surface area is 115 Å². The maximum absolute atomic E-state index is 12.2. The first-order chi connectivity index (χ1) is 8.69. The minimum absolute atomic E-state index is 0.0558. The van der Waals surface area contributed by atoms with Gasteiger partial charge in [0.15, 0.2) is 5.84 Å². The zero-order valence-corrected chi connectivity index (χ0v) is 12.7. The first kappa shape index (κ1) is 16.2. The minimum atomic E-state index is -3.52. The van der Waals surface area contributed by atoms with Gasteiger partial charge in [0, 0.05) is 0 Å². The molecule has 0 bridgehead atoms. The number of nitrogens with one attached hydrogen (secondary N) is 1. The lowest BCUT2D eigenvalue weighted by Gasteiger charge is -2.32. The maximum Gasteiger partial charge on any atom is 0.217 e. The fraction of sp³-hybridized carbons (Fsp3) is 0.917. The highest BCUT2D eigenvalue weighted by Gasteiger charge is 2.36. The molecule has 1 atom stereocenters. The number of amidine groups is 1. The maximum atomic E-state index is 12.2. The van der Waals surface area contributed by atoms with Crippen molar-refractivity contribution in [2.45, 2.75) is 63.7 Å². The van der Waals surface area contributed by atoms with Crippen molar-refractivity contribution in [2.75, 3.05) is 0 Å². The number of hydrogen-bond donors (Lipinski definition) is 3. The second-order valence-corrected chi connectivity index (χ2v) is 8.60. The van der Waals surface area contributed by atoms with E-state index in [9.17, 15) is 8.42 Å². The summed E-state index contributed by atoms with van der Waals surface area (Å²) in [5.74, 6) is 0.0431. The molecule has 0 aliphatic heterocycles. The van der Waals surface area contributed by atoms with Gasteiger partial charge in [-0.3, -0.25) is 0 Å². The van der Waals surface area contributed by atoms with Crippen LogP contribution in [0.15, 0.2) is 5.16 Å². The van der Waals surface area contributed by atoms with Crippen molar-refractivity contribution >= 4 is 15.9 Å². The fourth-order valence-electron chi connectivity index (χ4n) is 2.27. The van der Waals surface area contributed by atoms with Crippen LogP contribution in [0.25, 0.3) is 0 Å². The highest BCUT2D eigenvalue weighted by atomic mass is 32.2. The van der Waals surface area contributed by atoms with Crippen LogP contribution in [0.2, 0.25) is 0 Å². The lowest BCUT2D eigenvalue weighted by atomic mass is 9.84. The van der Waals surface area contributed by atoms with Crippen molar-refractivity contribution in [1.29, 1.82) is 0 Å². The third-order valence-electron chi connectivity index (χ3n) is 3.64. The number of oxime groups is 1. The number of nitrogens with two attached hydrogens (primary N) is 1. The molecule has 112 valence electrons. The molecule has 0 aromatic heterocycles. The van der Waals surface area contributed by atoms with Crippen molar-refractivity contribution in [3.8, 4) is 0 Å². The monoisotopic (exact) mass is 291 g/mol. The molecule has 0 saturated heterocycles. The summed E-state index contributed by atoms with van der Waals surface area (Å²) in [4.78, 5) is 0. The van der Waals surface area contributed by atoms with E-state index >= 15 is 0 Å². The van der Waals surface area contributed by atoms with Crippen LogP contribution in [0.5, 0.6) is 0 Å². The van der Waals surface area contributed by atoms with E-state index in [1.54, 1.807) is 20.8 Å². The second kappa shape index (κ2) is 6.09. The Morgan fingerprint density at radius 1 is 1.32 bits per heavy atom. The second-order valence-electron chi connectivity index (χ2n) is 6.13. The van der Waals surface area contributed by atoms with Crippen LogP contribution >= 0.6 is 0 Å². The molecule has 0 aromatic rings. The van der Waals surface area contributed by atoms with E-state index in [1.165, 1.54) is 0 Å². The molecule has 0 aromatic carbocycles. The number of hydrogen-bond acceptors (Lipinski definition) is 4. The van der Waals surface area contributed by atoms with Crippen LogP contribution < -0.4 is 10.5 Å². The Kier molecular flexibility index (Phi) is 5.20. The Morgan fingerprint density at radius 3 is 2.26 bits per heavy atom. The Balaban J connectivity index is 2.93.